The van der Waals surface area contributed by atoms with E-state index in [0.717, 1.165) is 18.4 Å². The van der Waals surface area contributed by atoms with Crippen molar-refractivity contribution < 1.29 is 19.0 Å². The first-order chi connectivity index (χ1) is 15.1. The fourth-order valence-corrected chi connectivity index (χ4v) is 3.02. The largest absolute Gasteiger partial charge is 0.490 e. The van der Waals surface area contributed by atoms with Gasteiger partial charge in [-0.2, -0.15) is 0 Å². The summed E-state index contributed by atoms with van der Waals surface area (Å²) in [4.78, 5) is 20.8. The van der Waals surface area contributed by atoms with Crippen molar-refractivity contribution in [1.29, 1.82) is 0 Å². The summed E-state index contributed by atoms with van der Waals surface area (Å²) in [6.07, 6.45) is 12.5. The topological polar surface area (TPSA) is 70.5 Å². The molecular weight excluding hydrogens is 392 g/mol. The van der Waals surface area contributed by atoms with Gasteiger partial charge in [-0.25, -0.2) is 14.8 Å². The molecule has 0 bridgehead atoms. The van der Waals surface area contributed by atoms with Crippen LogP contribution in [0.25, 0.3) is 11.4 Å². The second-order valence-electron chi connectivity index (χ2n) is 7.67. The SMILES string of the molecule is CCCCCCCCCOc1cnc(-c2ccc(OC(=O)C(C)OCCC)cc2)nc1. The standard InChI is InChI=1S/C25H36N2O4/c1-4-6-7-8-9-10-11-17-30-23-18-26-24(27-19-23)21-12-14-22(15-13-21)31-25(28)20(3)29-16-5-2/h12-15,18-20H,4-11,16-17H2,1-3H3. The number of ether oxygens (including phenoxy) is 3. The molecule has 0 aliphatic heterocycles. The quantitative estimate of drug-likeness (QED) is 0.197. The number of unbranched alkanes of at least 4 members (excludes halogenated alkanes) is 6. The van der Waals surface area contributed by atoms with E-state index in [4.69, 9.17) is 14.2 Å². The first-order valence-electron chi connectivity index (χ1n) is 11.5. The van der Waals surface area contributed by atoms with Gasteiger partial charge in [-0.3, -0.25) is 0 Å². The summed E-state index contributed by atoms with van der Waals surface area (Å²) < 4.78 is 16.5. The van der Waals surface area contributed by atoms with Crippen LogP contribution in [0.1, 0.15) is 72.1 Å². The Morgan fingerprint density at radius 2 is 1.48 bits per heavy atom. The van der Waals surface area contributed by atoms with Crippen molar-refractivity contribution in [1.82, 2.24) is 9.97 Å². The average Bonchev–Trinajstić information content (AvgIpc) is 2.80. The molecule has 1 aromatic heterocycles. The molecule has 1 aromatic carbocycles. The zero-order valence-electron chi connectivity index (χ0n) is 19.1. The molecular formula is C25H36N2O4. The Bertz CT molecular complexity index is 747. The van der Waals surface area contributed by atoms with Gasteiger partial charge in [0.25, 0.3) is 0 Å². The van der Waals surface area contributed by atoms with Gasteiger partial charge in [0.2, 0.25) is 0 Å². The van der Waals surface area contributed by atoms with Crippen LogP contribution in [0.4, 0.5) is 0 Å². The van der Waals surface area contributed by atoms with E-state index in [1.54, 1.807) is 31.5 Å². The zero-order valence-corrected chi connectivity index (χ0v) is 19.1. The minimum Gasteiger partial charge on any atom is -0.490 e. The lowest BCUT2D eigenvalue weighted by molar-refractivity contribution is -0.146. The average molecular weight is 429 g/mol. The third kappa shape index (κ3) is 9.47. The molecule has 1 atom stereocenters. The van der Waals surface area contributed by atoms with Gasteiger partial charge in [0.15, 0.2) is 17.7 Å². The molecule has 31 heavy (non-hydrogen) atoms. The highest BCUT2D eigenvalue weighted by Crippen LogP contribution is 2.21. The van der Waals surface area contributed by atoms with E-state index < -0.39 is 12.1 Å². The van der Waals surface area contributed by atoms with E-state index in [1.807, 2.05) is 19.1 Å². The van der Waals surface area contributed by atoms with Gasteiger partial charge in [0.05, 0.1) is 19.0 Å². The van der Waals surface area contributed by atoms with Gasteiger partial charge in [0.1, 0.15) is 5.75 Å². The normalized spacial score (nSPS) is 11.8. The Labute approximate surface area is 186 Å². The maximum atomic E-state index is 12.0. The number of rotatable bonds is 15. The molecule has 170 valence electrons. The third-order valence-electron chi connectivity index (χ3n) is 4.88. The summed E-state index contributed by atoms with van der Waals surface area (Å²) in [7, 11) is 0. The molecule has 1 unspecified atom stereocenters. The number of carbonyl (C=O) groups excluding carboxylic acids is 1. The molecule has 1 heterocycles. The Morgan fingerprint density at radius 1 is 0.839 bits per heavy atom. The Kier molecular flexibility index (Phi) is 11.6. The number of hydrogen-bond acceptors (Lipinski definition) is 6. The number of aromatic nitrogens is 2. The first kappa shape index (κ1) is 24.8. The second kappa shape index (κ2) is 14.5. The van der Waals surface area contributed by atoms with Crippen LogP contribution in [0.3, 0.4) is 0 Å². The van der Waals surface area contributed by atoms with Crippen LogP contribution in [0, 0.1) is 0 Å². The number of hydrogen-bond donors (Lipinski definition) is 0. The molecule has 6 heteroatoms. The minimum absolute atomic E-state index is 0.403. The maximum Gasteiger partial charge on any atom is 0.340 e. The molecule has 0 aliphatic rings. The van der Waals surface area contributed by atoms with E-state index in [0.29, 0.717) is 30.5 Å². The summed E-state index contributed by atoms with van der Waals surface area (Å²) in [6, 6.07) is 7.12. The van der Waals surface area contributed by atoms with Crippen LogP contribution in [-0.2, 0) is 9.53 Å². The van der Waals surface area contributed by atoms with Crippen LogP contribution < -0.4 is 9.47 Å². The monoisotopic (exact) mass is 428 g/mol. The van der Waals surface area contributed by atoms with Crippen molar-refractivity contribution >= 4 is 5.97 Å². The van der Waals surface area contributed by atoms with Crippen molar-refractivity contribution in [3.05, 3.63) is 36.7 Å². The lowest BCUT2D eigenvalue weighted by atomic mass is 10.1. The third-order valence-corrected chi connectivity index (χ3v) is 4.88. The van der Waals surface area contributed by atoms with Crippen LogP contribution in [0.5, 0.6) is 11.5 Å². The van der Waals surface area contributed by atoms with E-state index in [1.165, 1.54) is 38.5 Å². The number of carbonyl (C=O) groups is 1. The summed E-state index contributed by atoms with van der Waals surface area (Å²) in [6.45, 7) is 7.15. The first-order valence-corrected chi connectivity index (χ1v) is 11.5. The summed E-state index contributed by atoms with van der Waals surface area (Å²) in [5.74, 6) is 1.34. The van der Waals surface area contributed by atoms with Gasteiger partial charge >= 0.3 is 5.97 Å². The van der Waals surface area contributed by atoms with Gasteiger partial charge in [-0.1, -0.05) is 52.4 Å². The lowest BCUT2D eigenvalue weighted by Crippen LogP contribution is -2.26. The van der Waals surface area contributed by atoms with Gasteiger partial charge in [-0.05, 0) is 44.0 Å². The summed E-state index contributed by atoms with van der Waals surface area (Å²) >= 11 is 0. The van der Waals surface area contributed by atoms with Crippen LogP contribution in [0.2, 0.25) is 0 Å². The van der Waals surface area contributed by atoms with Gasteiger partial charge < -0.3 is 14.2 Å². The van der Waals surface area contributed by atoms with Crippen LogP contribution >= 0.6 is 0 Å². The summed E-state index contributed by atoms with van der Waals surface area (Å²) in [5, 5.41) is 0. The van der Waals surface area contributed by atoms with Crippen molar-refractivity contribution in [2.75, 3.05) is 13.2 Å². The van der Waals surface area contributed by atoms with Crippen LogP contribution in [-0.4, -0.2) is 35.3 Å². The molecule has 0 amide bonds. The predicted octanol–water partition coefficient (Wildman–Crippen LogP) is 5.99. The van der Waals surface area contributed by atoms with E-state index in [9.17, 15) is 4.79 Å². The maximum absolute atomic E-state index is 12.0. The van der Waals surface area contributed by atoms with E-state index in [2.05, 4.69) is 16.9 Å². The predicted molar refractivity (Wildman–Crippen MR) is 122 cm³/mol. The number of nitrogens with zero attached hydrogens (tertiary/aromatic N) is 2. The fraction of sp³-hybridized carbons (Fsp3) is 0.560. The fourth-order valence-electron chi connectivity index (χ4n) is 3.02. The highest BCUT2D eigenvalue weighted by molar-refractivity contribution is 5.77. The van der Waals surface area contributed by atoms with E-state index in [-0.39, 0.29) is 0 Å². The smallest absolute Gasteiger partial charge is 0.340 e. The molecule has 6 nitrogen and oxygen atoms in total. The van der Waals surface area contributed by atoms with Gasteiger partial charge in [-0.15, -0.1) is 0 Å². The second-order valence-corrected chi connectivity index (χ2v) is 7.67. The van der Waals surface area contributed by atoms with Crippen molar-refractivity contribution in [3.63, 3.8) is 0 Å². The Balaban J connectivity index is 1.75. The van der Waals surface area contributed by atoms with E-state index >= 15 is 0 Å². The molecule has 2 aromatic rings. The lowest BCUT2D eigenvalue weighted by Gasteiger charge is -2.12. The molecule has 0 aliphatic carbocycles. The summed E-state index contributed by atoms with van der Waals surface area (Å²) in [5.41, 5.74) is 0.841. The molecule has 0 N–H and O–H groups in total. The molecule has 0 spiro atoms. The van der Waals surface area contributed by atoms with Crippen molar-refractivity contribution in [3.8, 4) is 22.9 Å². The Hall–Kier alpha value is -2.47. The highest BCUT2D eigenvalue weighted by atomic mass is 16.6. The molecule has 2 rings (SSSR count). The zero-order chi connectivity index (χ0) is 22.3. The minimum atomic E-state index is -0.587. The molecule has 0 fully saturated rings. The Morgan fingerprint density at radius 3 is 2.13 bits per heavy atom. The van der Waals surface area contributed by atoms with Crippen LogP contribution in [0.15, 0.2) is 36.7 Å². The van der Waals surface area contributed by atoms with Crippen molar-refractivity contribution in [2.24, 2.45) is 0 Å². The molecule has 0 saturated carbocycles. The number of benzene rings is 1. The number of esters is 1. The van der Waals surface area contributed by atoms with Gasteiger partial charge in [0, 0.05) is 12.2 Å². The van der Waals surface area contributed by atoms with Crippen molar-refractivity contribution in [2.45, 2.75) is 78.2 Å². The molecule has 0 saturated heterocycles. The molecule has 0 radical (unpaired) electrons. The highest BCUT2D eigenvalue weighted by Gasteiger charge is 2.15.